The third-order valence-electron chi connectivity index (χ3n) is 3.69. The van der Waals surface area contributed by atoms with Crippen molar-refractivity contribution in [3.05, 3.63) is 18.0 Å². The normalized spacial score (nSPS) is 24.1. The van der Waals surface area contributed by atoms with Crippen molar-refractivity contribution >= 4 is 5.91 Å². The first kappa shape index (κ1) is 15.0. The van der Waals surface area contributed by atoms with E-state index in [1.54, 1.807) is 7.05 Å². The molecule has 20 heavy (non-hydrogen) atoms. The molecule has 1 aliphatic heterocycles. The maximum Gasteiger partial charge on any atom is 0.253 e. The Balaban J connectivity index is 2.06. The van der Waals surface area contributed by atoms with Crippen molar-refractivity contribution in [2.45, 2.75) is 39.0 Å². The molecule has 0 spiro atoms. The lowest BCUT2D eigenvalue weighted by atomic mass is 10.0. The zero-order chi connectivity index (χ0) is 14.8. The van der Waals surface area contributed by atoms with Gasteiger partial charge in [-0.2, -0.15) is 5.10 Å². The Morgan fingerprint density at radius 2 is 2.35 bits per heavy atom. The van der Waals surface area contributed by atoms with Crippen molar-refractivity contribution in [2.24, 2.45) is 0 Å². The third-order valence-corrected chi connectivity index (χ3v) is 3.69. The first-order chi connectivity index (χ1) is 9.46. The monoisotopic (exact) mass is 280 g/mol. The Hall–Kier alpha value is -1.40. The molecule has 6 nitrogen and oxygen atoms in total. The van der Waals surface area contributed by atoms with Crippen LogP contribution in [0.15, 0.2) is 12.3 Å². The minimum absolute atomic E-state index is 0.0698. The Morgan fingerprint density at radius 3 is 3.00 bits per heavy atom. The van der Waals surface area contributed by atoms with Gasteiger partial charge in [0, 0.05) is 38.9 Å². The number of nitrogens with zero attached hydrogens (tertiary/aromatic N) is 3. The third kappa shape index (κ3) is 3.02. The lowest BCUT2D eigenvalue weighted by molar-refractivity contribution is -0.156. The maximum atomic E-state index is 11.9. The van der Waals surface area contributed by atoms with Gasteiger partial charge in [-0.3, -0.25) is 14.4 Å². The Labute approximate surface area is 120 Å². The fourth-order valence-electron chi connectivity index (χ4n) is 2.65. The van der Waals surface area contributed by atoms with E-state index in [0.29, 0.717) is 19.2 Å². The average Bonchev–Trinajstić information content (AvgIpc) is 2.86. The van der Waals surface area contributed by atoms with Crippen LogP contribution in [0.4, 0.5) is 0 Å². The van der Waals surface area contributed by atoms with Crippen LogP contribution in [0.25, 0.3) is 0 Å². The molecule has 1 amide bonds. The second kappa shape index (κ2) is 5.93. The highest BCUT2D eigenvalue weighted by molar-refractivity contribution is 5.84. The molecule has 1 aromatic heterocycles. The van der Waals surface area contributed by atoms with Crippen molar-refractivity contribution in [1.29, 1.82) is 0 Å². The molecule has 1 fully saturated rings. The fourth-order valence-corrected chi connectivity index (χ4v) is 2.65. The number of carbonyl (C=O) groups is 1. The molecular weight excluding hydrogens is 256 g/mol. The molecule has 1 atom stereocenters. The Kier molecular flexibility index (Phi) is 4.45. The Morgan fingerprint density at radius 1 is 1.60 bits per heavy atom. The number of morpholine rings is 1. The summed E-state index contributed by atoms with van der Waals surface area (Å²) in [6, 6.07) is 2.37. The predicted molar refractivity (Wildman–Crippen MR) is 76.3 cm³/mol. The van der Waals surface area contributed by atoms with Crippen LogP contribution in [-0.4, -0.2) is 52.9 Å². The largest absolute Gasteiger partial charge is 0.363 e. The van der Waals surface area contributed by atoms with Gasteiger partial charge in [0.2, 0.25) is 0 Å². The minimum Gasteiger partial charge on any atom is -0.363 e. The van der Waals surface area contributed by atoms with Crippen LogP contribution in [0.2, 0.25) is 0 Å². The van der Waals surface area contributed by atoms with Crippen LogP contribution < -0.4 is 5.32 Å². The summed E-state index contributed by atoms with van der Waals surface area (Å²) in [6.07, 6.45) is 1.83. The van der Waals surface area contributed by atoms with Crippen LogP contribution in [0.3, 0.4) is 0 Å². The molecule has 2 rings (SSSR count). The predicted octanol–water partition coefficient (Wildman–Crippen LogP) is 0.801. The minimum atomic E-state index is -0.768. The second-order valence-electron chi connectivity index (χ2n) is 5.73. The zero-order valence-electron chi connectivity index (χ0n) is 12.7. The standard InChI is InChI=1S/C14H24N4O2/c1-11(2)18-12(5-6-16-18)9-17-7-8-20-14(3,10-17)13(19)15-4/h5-6,11H,7-10H2,1-4H3,(H,15,19)/t14-/m0/s1. The summed E-state index contributed by atoms with van der Waals surface area (Å²) in [5.41, 5.74) is 0.400. The van der Waals surface area contributed by atoms with Crippen LogP contribution in [0.5, 0.6) is 0 Å². The highest BCUT2D eigenvalue weighted by atomic mass is 16.5. The Bertz CT molecular complexity index is 471. The van der Waals surface area contributed by atoms with Crippen molar-refractivity contribution in [3.8, 4) is 0 Å². The highest BCUT2D eigenvalue weighted by Crippen LogP contribution is 2.20. The van der Waals surface area contributed by atoms with Crippen molar-refractivity contribution < 1.29 is 9.53 Å². The molecule has 0 aromatic carbocycles. The van der Waals surface area contributed by atoms with Crippen LogP contribution in [0, 0.1) is 0 Å². The SMILES string of the molecule is CNC(=O)[C@]1(C)CN(Cc2ccnn2C(C)C)CCO1. The molecule has 1 saturated heterocycles. The lowest BCUT2D eigenvalue weighted by Gasteiger charge is -2.39. The number of ether oxygens (including phenoxy) is 1. The van der Waals surface area contributed by atoms with Crippen LogP contribution >= 0.6 is 0 Å². The van der Waals surface area contributed by atoms with E-state index in [-0.39, 0.29) is 5.91 Å². The summed E-state index contributed by atoms with van der Waals surface area (Å²) in [4.78, 5) is 14.2. The maximum absolute atomic E-state index is 11.9. The molecule has 1 aliphatic rings. The van der Waals surface area contributed by atoms with E-state index >= 15 is 0 Å². The van der Waals surface area contributed by atoms with Gasteiger partial charge in [0.25, 0.3) is 5.91 Å². The van der Waals surface area contributed by atoms with Gasteiger partial charge >= 0.3 is 0 Å². The van der Waals surface area contributed by atoms with Crippen molar-refractivity contribution in [3.63, 3.8) is 0 Å². The smallest absolute Gasteiger partial charge is 0.253 e. The van der Waals surface area contributed by atoms with Crippen molar-refractivity contribution in [1.82, 2.24) is 20.0 Å². The number of amides is 1. The number of rotatable bonds is 4. The average molecular weight is 280 g/mol. The van der Waals surface area contributed by atoms with E-state index in [4.69, 9.17) is 4.74 Å². The summed E-state index contributed by atoms with van der Waals surface area (Å²) >= 11 is 0. The van der Waals surface area contributed by atoms with E-state index in [1.165, 1.54) is 5.69 Å². The topological polar surface area (TPSA) is 59.4 Å². The van der Waals surface area contributed by atoms with Gasteiger partial charge in [-0.05, 0) is 26.8 Å². The number of aromatic nitrogens is 2. The molecular formula is C14H24N4O2. The molecule has 0 bridgehead atoms. The van der Waals surface area contributed by atoms with E-state index in [2.05, 4.69) is 29.2 Å². The lowest BCUT2D eigenvalue weighted by Crippen LogP contribution is -2.57. The zero-order valence-corrected chi connectivity index (χ0v) is 12.7. The molecule has 0 aliphatic carbocycles. The number of carbonyl (C=O) groups excluding carboxylic acids is 1. The molecule has 1 N–H and O–H groups in total. The second-order valence-corrected chi connectivity index (χ2v) is 5.73. The highest BCUT2D eigenvalue weighted by Gasteiger charge is 2.38. The summed E-state index contributed by atoms with van der Waals surface area (Å²) in [5, 5.41) is 7.02. The van der Waals surface area contributed by atoms with Crippen LogP contribution in [0.1, 0.15) is 32.5 Å². The van der Waals surface area contributed by atoms with E-state index in [0.717, 1.165) is 13.1 Å². The summed E-state index contributed by atoms with van der Waals surface area (Å²) in [5.74, 6) is -0.0698. The van der Waals surface area contributed by atoms with E-state index in [9.17, 15) is 4.79 Å². The summed E-state index contributed by atoms with van der Waals surface area (Å²) in [6.45, 7) is 8.85. The van der Waals surface area contributed by atoms with Crippen LogP contribution in [-0.2, 0) is 16.1 Å². The first-order valence-corrected chi connectivity index (χ1v) is 7.07. The van der Waals surface area contributed by atoms with E-state index < -0.39 is 5.60 Å². The molecule has 112 valence electrons. The van der Waals surface area contributed by atoms with Gasteiger partial charge in [-0.1, -0.05) is 0 Å². The van der Waals surface area contributed by atoms with E-state index in [1.807, 2.05) is 23.9 Å². The first-order valence-electron chi connectivity index (χ1n) is 7.07. The molecule has 0 radical (unpaired) electrons. The molecule has 1 aromatic rings. The fraction of sp³-hybridized carbons (Fsp3) is 0.714. The molecule has 0 saturated carbocycles. The molecule has 6 heteroatoms. The number of hydrogen-bond acceptors (Lipinski definition) is 4. The van der Waals surface area contributed by atoms with Gasteiger partial charge in [-0.15, -0.1) is 0 Å². The van der Waals surface area contributed by atoms with Gasteiger partial charge in [-0.25, -0.2) is 0 Å². The molecule has 2 heterocycles. The molecule has 0 unspecified atom stereocenters. The van der Waals surface area contributed by atoms with Crippen molar-refractivity contribution in [2.75, 3.05) is 26.7 Å². The van der Waals surface area contributed by atoms with Gasteiger partial charge < -0.3 is 10.1 Å². The quantitative estimate of drug-likeness (QED) is 0.886. The number of hydrogen-bond donors (Lipinski definition) is 1. The van der Waals surface area contributed by atoms with Gasteiger partial charge in [0.1, 0.15) is 0 Å². The van der Waals surface area contributed by atoms with Gasteiger partial charge in [0.15, 0.2) is 5.60 Å². The number of nitrogens with one attached hydrogen (secondary N) is 1. The summed E-state index contributed by atoms with van der Waals surface area (Å²) < 4.78 is 7.69. The summed E-state index contributed by atoms with van der Waals surface area (Å²) in [7, 11) is 1.64. The number of likely N-dealkylation sites (N-methyl/N-ethyl adjacent to an activating group) is 1. The van der Waals surface area contributed by atoms with Gasteiger partial charge in [0.05, 0.1) is 12.3 Å².